The molecule has 17 heavy (non-hydrogen) atoms. The Bertz CT molecular complexity index is 520. The molecule has 0 unspecified atom stereocenters. The molecule has 3 nitrogen and oxygen atoms in total. The smallest absolute Gasteiger partial charge is 0.149 e. The summed E-state index contributed by atoms with van der Waals surface area (Å²) in [5, 5.41) is 2.85. The zero-order chi connectivity index (χ0) is 12.3. The van der Waals surface area contributed by atoms with Gasteiger partial charge in [-0.3, -0.25) is 0 Å². The van der Waals surface area contributed by atoms with Crippen LogP contribution < -0.4 is 5.32 Å². The third kappa shape index (κ3) is 2.97. The van der Waals surface area contributed by atoms with E-state index in [-0.39, 0.29) is 10.2 Å². The molecular formula is C11H8BrF2N3. The number of hydrogen-bond donors (Lipinski definition) is 1. The quantitative estimate of drug-likeness (QED) is 0.885. The van der Waals surface area contributed by atoms with E-state index < -0.39 is 11.6 Å². The van der Waals surface area contributed by atoms with Crippen LogP contribution in [0.4, 0.5) is 14.5 Å². The Labute approximate surface area is 105 Å². The first-order valence-electron chi connectivity index (χ1n) is 4.79. The third-order valence-corrected chi connectivity index (χ3v) is 2.71. The predicted octanol–water partition coefficient (Wildman–Crippen LogP) is 3.13. The number of anilines is 1. The van der Waals surface area contributed by atoms with Gasteiger partial charge < -0.3 is 5.32 Å². The summed E-state index contributed by atoms with van der Waals surface area (Å²) < 4.78 is 26.6. The van der Waals surface area contributed by atoms with E-state index in [1.807, 2.05) is 0 Å². The van der Waals surface area contributed by atoms with E-state index in [1.54, 1.807) is 12.4 Å². The molecule has 0 bridgehead atoms. The number of nitrogens with zero attached hydrogens (tertiary/aromatic N) is 2. The topological polar surface area (TPSA) is 37.8 Å². The van der Waals surface area contributed by atoms with Gasteiger partial charge >= 0.3 is 0 Å². The first-order chi connectivity index (χ1) is 8.16. The Hall–Kier alpha value is -1.56. The summed E-state index contributed by atoms with van der Waals surface area (Å²) in [6, 6.07) is 2.18. The van der Waals surface area contributed by atoms with Crippen molar-refractivity contribution < 1.29 is 8.78 Å². The van der Waals surface area contributed by atoms with E-state index in [1.165, 1.54) is 12.4 Å². The molecule has 0 radical (unpaired) electrons. The standard InChI is InChI=1S/C11H8BrF2N3/c12-8-1-11(10(14)2-9(8)13)17-5-7-3-15-6-16-4-7/h1-4,6,17H,5H2. The van der Waals surface area contributed by atoms with Crippen molar-refractivity contribution in [2.24, 2.45) is 0 Å². The van der Waals surface area contributed by atoms with Crippen molar-refractivity contribution in [2.45, 2.75) is 6.54 Å². The molecule has 0 saturated heterocycles. The van der Waals surface area contributed by atoms with Crippen LogP contribution in [-0.4, -0.2) is 9.97 Å². The monoisotopic (exact) mass is 299 g/mol. The van der Waals surface area contributed by atoms with Crippen molar-refractivity contribution in [3.8, 4) is 0 Å². The summed E-state index contributed by atoms with van der Waals surface area (Å²) in [6.07, 6.45) is 4.66. The predicted molar refractivity (Wildman–Crippen MR) is 63.4 cm³/mol. The first-order valence-corrected chi connectivity index (χ1v) is 5.58. The van der Waals surface area contributed by atoms with Gasteiger partial charge in [0.15, 0.2) is 0 Å². The molecule has 88 valence electrons. The number of halogens is 3. The van der Waals surface area contributed by atoms with E-state index in [0.29, 0.717) is 6.54 Å². The molecule has 0 fully saturated rings. The molecule has 0 amide bonds. The Morgan fingerprint density at radius 2 is 1.82 bits per heavy atom. The molecule has 1 N–H and O–H groups in total. The highest BCUT2D eigenvalue weighted by molar-refractivity contribution is 9.10. The number of benzene rings is 1. The van der Waals surface area contributed by atoms with Crippen molar-refractivity contribution in [3.63, 3.8) is 0 Å². The molecule has 0 spiro atoms. The normalized spacial score (nSPS) is 10.3. The van der Waals surface area contributed by atoms with Gasteiger partial charge in [0.2, 0.25) is 0 Å². The summed E-state index contributed by atoms with van der Waals surface area (Å²) in [7, 11) is 0. The largest absolute Gasteiger partial charge is 0.378 e. The van der Waals surface area contributed by atoms with Gasteiger partial charge in [0.05, 0.1) is 10.2 Å². The fourth-order valence-electron chi connectivity index (χ4n) is 1.28. The Balaban J connectivity index is 2.12. The molecule has 0 aliphatic carbocycles. The Kier molecular flexibility index (Phi) is 3.63. The molecule has 6 heteroatoms. The van der Waals surface area contributed by atoms with Crippen molar-refractivity contribution in [2.75, 3.05) is 5.32 Å². The minimum absolute atomic E-state index is 0.214. The zero-order valence-electron chi connectivity index (χ0n) is 8.62. The molecule has 1 aromatic carbocycles. The van der Waals surface area contributed by atoms with Crippen LogP contribution in [-0.2, 0) is 6.54 Å². The average Bonchev–Trinajstić information content (AvgIpc) is 2.33. The number of rotatable bonds is 3. The highest BCUT2D eigenvalue weighted by atomic mass is 79.9. The maximum atomic E-state index is 13.4. The van der Waals surface area contributed by atoms with Crippen molar-refractivity contribution >= 4 is 21.6 Å². The summed E-state index contributed by atoms with van der Waals surface area (Å²) in [5.41, 5.74) is 1.04. The van der Waals surface area contributed by atoms with Crippen molar-refractivity contribution in [3.05, 3.63) is 52.5 Å². The van der Waals surface area contributed by atoms with Crippen LogP contribution in [0.25, 0.3) is 0 Å². The third-order valence-electron chi connectivity index (χ3n) is 2.11. The maximum Gasteiger partial charge on any atom is 0.149 e. The van der Waals surface area contributed by atoms with Gasteiger partial charge in [-0.25, -0.2) is 18.7 Å². The van der Waals surface area contributed by atoms with Crippen molar-refractivity contribution in [1.29, 1.82) is 0 Å². The zero-order valence-corrected chi connectivity index (χ0v) is 10.2. The lowest BCUT2D eigenvalue weighted by Gasteiger charge is -2.08. The van der Waals surface area contributed by atoms with E-state index >= 15 is 0 Å². The van der Waals surface area contributed by atoms with Crippen LogP contribution in [0, 0.1) is 11.6 Å². The Morgan fingerprint density at radius 3 is 2.53 bits per heavy atom. The maximum absolute atomic E-state index is 13.4. The molecule has 1 aromatic heterocycles. The fourth-order valence-corrected chi connectivity index (χ4v) is 1.62. The number of hydrogen-bond acceptors (Lipinski definition) is 3. The summed E-state index contributed by atoms with van der Waals surface area (Å²) in [4.78, 5) is 7.67. The van der Waals surface area contributed by atoms with E-state index in [9.17, 15) is 8.78 Å². The summed E-state index contributed by atoms with van der Waals surface area (Å²) in [6.45, 7) is 0.371. The number of nitrogens with one attached hydrogen (secondary N) is 1. The lowest BCUT2D eigenvalue weighted by Crippen LogP contribution is -2.02. The van der Waals surface area contributed by atoms with Crippen LogP contribution in [0.5, 0.6) is 0 Å². The minimum Gasteiger partial charge on any atom is -0.378 e. The van der Waals surface area contributed by atoms with Crippen LogP contribution in [0.15, 0.2) is 35.3 Å². The van der Waals surface area contributed by atoms with Gasteiger partial charge in [0.25, 0.3) is 0 Å². The molecule has 1 heterocycles. The van der Waals surface area contributed by atoms with Crippen LogP contribution in [0.1, 0.15) is 5.56 Å². The molecule has 0 aliphatic heterocycles. The van der Waals surface area contributed by atoms with Gasteiger partial charge in [-0.1, -0.05) is 0 Å². The van der Waals surface area contributed by atoms with Crippen LogP contribution >= 0.6 is 15.9 Å². The molecular weight excluding hydrogens is 292 g/mol. The first kappa shape index (κ1) is 11.9. The lowest BCUT2D eigenvalue weighted by atomic mass is 10.2. The SMILES string of the molecule is Fc1cc(F)c(NCc2cncnc2)cc1Br. The van der Waals surface area contributed by atoms with Gasteiger partial charge in [-0.15, -0.1) is 0 Å². The molecule has 2 rings (SSSR count). The fraction of sp³-hybridized carbons (Fsp3) is 0.0909. The van der Waals surface area contributed by atoms with Crippen LogP contribution in [0.3, 0.4) is 0 Å². The molecule has 0 atom stereocenters. The van der Waals surface area contributed by atoms with E-state index in [4.69, 9.17) is 0 Å². The molecule has 0 aliphatic rings. The van der Waals surface area contributed by atoms with Gasteiger partial charge in [-0.05, 0) is 22.0 Å². The number of aromatic nitrogens is 2. The highest BCUT2D eigenvalue weighted by Gasteiger charge is 2.07. The summed E-state index contributed by atoms with van der Waals surface area (Å²) >= 11 is 3.00. The molecule has 2 aromatic rings. The highest BCUT2D eigenvalue weighted by Crippen LogP contribution is 2.23. The van der Waals surface area contributed by atoms with Crippen LogP contribution in [0.2, 0.25) is 0 Å². The average molecular weight is 300 g/mol. The summed E-state index contributed by atoms with van der Waals surface area (Å²) in [5.74, 6) is -1.27. The lowest BCUT2D eigenvalue weighted by molar-refractivity contribution is 0.580. The Morgan fingerprint density at radius 1 is 1.12 bits per heavy atom. The van der Waals surface area contributed by atoms with E-state index in [0.717, 1.165) is 11.6 Å². The second kappa shape index (κ2) is 5.18. The minimum atomic E-state index is -0.637. The van der Waals surface area contributed by atoms with Crippen molar-refractivity contribution in [1.82, 2.24) is 9.97 Å². The molecule has 0 saturated carbocycles. The second-order valence-corrected chi connectivity index (χ2v) is 4.20. The van der Waals surface area contributed by atoms with Gasteiger partial charge in [0.1, 0.15) is 18.0 Å². The second-order valence-electron chi connectivity index (χ2n) is 3.35. The van der Waals surface area contributed by atoms with Gasteiger partial charge in [-0.2, -0.15) is 0 Å². The van der Waals surface area contributed by atoms with Gasteiger partial charge in [0, 0.05) is 30.6 Å². The van der Waals surface area contributed by atoms with E-state index in [2.05, 4.69) is 31.2 Å².